The monoisotopic (exact) mass is 599 g/mol. The predicted molar refractivity (Wildman–Crippen MR) is 162 cm³/mol. The number of fused-ring (bicyclic) bond motifs is 1. The fourth-order valence-electron chi connectivity index (χ4n) is 5.54. The molecule has 0 bridgehead atoms. The molecule has 2 aliphatic heterocycles. The second-order valence-electron chi connectivity index (χ2n) is 10.4. The van der Waals surface area contributed by atoms with Gasteiger partial charge in [0.25, 0.3) is 0 Å². The maximum Gasteiger partial charge on any atom is 0.312 e. The van der Waals surface area contributed by atoms with Crippen molar-refractivity contribution in [3.05, 3.63) is 99.8 Å². The van der Waals surface area contributed by atoms with E-state index in [2.05, 4.69) is 20.0 Å². The third-order valence-corrected chi connectivity index (χ3v) is 8.69. The molecular weight excluding hydrogens is 570 g/mol. The molecule has 0 aliphatic carbocycles. The summed E-state index contributed by atoms with van der Waals surface area (Å²) in [5.74, 6) is 0.242. The lowest BCUT2D eigenvalue weighted by Gasteiger charge is -2.36. The smallest absolute Gasteiger partial charge is 0.312 e. The molecule has 13 heteroatoms. The maximum atomic E-state index is 11.8. The lowest BCUT2D eigenvalue weighted by molar-refractivity contribution is -0.384. The molecule has 3 aromatic heterocycles. The molecule has 0 unspecified atom stereocenters. The fraction of sp³-hybridized carbons (Fsp3) is 0.300. The molecule has 0 spiro atoms. The van der Waals surface area contributed by atoms with E-state index in [9.17, 15) is 10.1 Å². The van der Waals surface area contributed by atoms with Crippen LogP contribution < -0.4 is 14.5 Å². The van der Waals surface area contributed by atoms with E-state index in [1.807, 2.05) is 70.9 Å². The van der Waals surface area contributed by atoms with Gasteiger partial charge in [-0.1, -0.05) is 24.3 Å². The molecule has 2 atom stereocenters. The van der Waals surface area contributed by atoms with Crippen molar-refractivity contribution in [1.82, 2.24) is 19.7 Å². The molecule has 0 saturated carbocycles. The number of anilines is 2. The van der Waals surface area contributed by atoms with E-state index in [4.69, 9.17) is 14.2 Å². The first-order chi connectivity index (χ1) is 21.1. The van der Waals surface area contributed by atoms with Gasteiger partial charge in [-0.3, -0.25) is 10.1 Å². The van der Waals surface area contributed by atoms with Gasteiger partial charge in [-0.15, -0.1) is 11.3 Å². The summed E-state index contributed by atoms with van der Waals surface area (Å²) in [5, 5.41) is 18.8. The molecule has 7 rings (SSSR count). The summed E-state index contributed by atoms with van der Waals surface area (Å²) >= 11 is 1.58. The molecule has 0 N–H and O–H groups in total. The number of benzene rings is 2. The van der Waals surface area contributed by atoms with Gasteiger partial charge in [0.05, 0.1) is 21.9 Å². The highest BCUT2D eigenvalue weighted by atomic mass is 32.1. The molecule has 5 aromatic rings. The summed E-state index contributed by atoms with van der Waals surface area (Å²) in [6.07, 6.45) is 2.90. The minimum atomic E-state index is -0.926. The van der Waals surface area contributed by atoms with Crippen LogP contribution in [-0.2, 0) is 21.8 Å². The number of hydrogen-bond donors (Lipinski definition) is 0. The van der Waals surface area contributed by atoms with E-state index in [0.717, 1.165) is 40.3 Å². The van der Waals surface area contributed by atoms with Crippen molar-refractivity contribution in [1.29, 1.82) is 0 Å². The summed E-state index contributed by atoms with van der Waals surface area (Å²) in [6, 6.07) is 21.1. The quantitative estimate of drug-likeness (QED) is 0.177. The van der Waals surface area contributed by atoms with Crippen molar-refractivity contribution in [3.8, 4) is 5.75 Å². The minimum Gasteiger partial charge on any atom is -0.491 e. The van der Waals surface area contributed by atoms with Crippen LogP contribution in [0.3, 0.4) is 0 Å². The van der Waals surface area contributed by atoms with Crippen LogP contribution in [0.2, 0.25) is 0 Å². The Balaban J connectivity index is 0.957. The van der Waals surface area contributed by atoms with E-state index < -0.39 is 5.79 Å². The summed E-state index contributed by atoms with van der Waals surface area (Å²) in [7, 11) is 0. The predicted octanol–water partition coefficient (Wildman–Crippen LogP) is 4.47. The topological polar surface area (TPSA) is 121 Å². The number of piperazine rings is 1. The zero-order valence-corrected chi connectivity index (χ0v) is 24.0. The van der Waals surface area contributed by atoms with Crippen molar-refractivity contribution in [2.75, 3.05) is 49.2 Å². The zero-order valence-electron chi connectivity index (χ0n) is 23.2. The van der Waals surface area contributed by atoms with E-state index >= 15 is 0 Å². The summed E-state index contributed by atoms with van der Waals surface area (Å²) < 4.78 is 20.4. The minimum absolute atomic E-state index is 0.0383. The SMILES string of the molecule is O=[N+]([O-])c1cc2ccccc2nc1N1CCN(c2ccc(OC[C@@H]3CO[C@@](Cn4cncn4)(c4cccs4)O3)cc2)CC1. The van der Waals surface area contributed by atoms with Gasteiger partial charge in [-0.25, -0.2) is 14.6 Å². The van der Waals surface area contributed by atoms with Gasteiger partial charge in [-0.2, -0.15) is 5.10 Å². The molecule has 0 radical (unpaired) electrons. The Morgan fingerprint density at radius 2 is 1.86 bits per heavy atom. The number of nitrogens with zero attached hydrogens (tertiary/aromatic N) is 7. The Labute approximate surface area is 251 Å². The van der Waals surface area contributed by atoms with Crippen LogP contribution in [0.4, 0.5) is 17.2 Å². The van der Waals surface area contributed by atoms with E-state index in [0.29, 0.717) is 38.7 Å². The first kappa shape index (κ1) is 27.3. The molecular formula is C30H29N7O5S. The zero-order chi connectivity index (χ0) is 29.2. The molecule has 220 valence electrons. The Kier molecular flexibility index (Phi) is 7.35. The number of thiophene rings is 1. The summed E-state index contributed by atoms with van der Waals surface area (Å²) in [6.45, 7) is 3.84. The molecule has 2 saturated heterocycles. The third-order valence-electron chi connectivity index (χ3n) is 7.69. The van der Waals surface area contributed by atoms with Gasteiger partial charge in [0, 0.05) is 43.3 Å². The number of hydrogen-bond acceptors (Lipinski definition) is 11. The van der Waals surface area contributed by atoms with Crippen molar-refractivity contribution in [2.45, 2.75) is 18.4 Å². The molecule has 2 aliphatic rings. The van der Waals surface area contributed by atoms with Gasteiger partial charge in [0.1, 0.15) is 37.7 Å². The van der Waals surface area contributed by atoms with Crippen molar-refractivity contribution < 1.29 is 19.1 Å². The highest BCUT2D eigenvalue weighted by Crippen LogP contribution is 2.38. The van der Waals surface area contributed by atoms with Crippen molar-refractivity contribution in [3.63, 3.8) is 0 Å². The Bertz CT molecular complexity index is 1690. The average Bonchev–Trinajstić information content (AvgIpc) is 3.84. The molecule has 2 fully saturated rings. The molecule has 2 aromatic carbocycles. The summed E-state index contributed by atoms with van der Waals surface area (Å²) in [4.78, 5) is 25.4. The fourth-order valence-corrected chi connectivity index (χ4v) is 6.35. The highest BCUT2D eigenvalue weighted by molar-refractivity contribution is 7.10. The van der Waals surface area contributed by atoms with Gasteiger partial charge >= 0.3 is 5.69 Å². The van der Waals surface area contributed by atoms with Crippen LogP contribution in [-0.4, -0.2) is 70.2 Å². The van der Waals surface area contributed by atoms with E-state index in [1.165, 1.54) is 6.33 Å². The molecule has 0 amide bonds. The van der Waals surface area contributed by atoms with E-state index in [-0.39, 0.29) is 16.7 Å². The van der Waals surface area contributed by atoms with Crippen LogP contribution in [0.5, 0.6) is 5.75 Å². The lowest BCUT2D eigenvalue weighted by atomic mass is 10.2. The van der Waals surface area contributed by atoms with Crippen LogP contribution >= 0.6 is 11.3 Å². The normalized spacial score (nSPS) is 20.5. The standard InChI is InChI=1S/C30H29N7O5S/c38-37(39)27-16-22-4-1-2-5-26(22)33-29(27)35-13-11-34(12-14-35)23-7-9-24(10-8-23)40-17-25-18-41-30(42-25,28-6-3-15-43-28)19-36-21-31-20-32-36/h1-10,15-16,20-21,25H,11-14,17-19H2/t25-,30-/m1/s1. The number of para-hydroxylation sites is 1. The number of pyridine rings is 1. The highest BCUT2D eigenvalue weighted by Gasteiger charge is 2.45. The Morgan fingerprint density at radius 1 is 1.05 bits per heavy atom. The number of ether oxygens (including phenoxy) is 3. The third kappa shape index (κ3) is 5.61. The van der Waals surface area contributed by atoms with Gasteiger partial charge in [-0.05, 0) is 41.8 Å². The van der Waals surface area contributed by atoms with Crippen LogP contribution in [0.1, 0.15) is 4.88 Å². The van der Waals surface area contributed by atoms with Crippen LogP contribution in [0.25, 0.3) is 10.9 Å². The van der Waals surface area contributed by atoms with Crippen molar-refractivity contribution in [2.24, 2.45) is 0 Å². The maximum absolute atomic E-state index is 11.8. The molecule has 43 heavy (non-hydrogen) atoms. The number of aromatic nitrogens is 4. The van der Waals surface area contributed by atoms with Crippen molar-refractivity contribution >= 4 is 39.4 Å². The Morgan fingerprint density at radius 3 is 2.60 bits per heavy atom. The molecule has 12 nitrogen and oxygen atoms in total. The number of rotatable bonds is 9. The van der Waals surface area contributed by atoms with Gasteiger partial charge < -0.3 is 24.0 Å². The van der Waals surface area contributed by atoms with Gasteiger partial charge in [0.2, 0.25) is 11.6 Å². The number of nitro groups is 1. The molecule has 5 heterocycles. The van der Waals surface area contributed by atoms with Crippen LogP contribution in [0, 0.1) is 10.1 Å². The Hall–Kier alpha value is -4.59. The summed E-state index contributed by atoms with van der Waals surface area (Å²) in [5.41, 5.74) is 1.86. The van der Waals surface area contributed by atoms with Crippen LogP contribution in [0.15, 0.2) is 84.8 Å². The average molecular weight is 600 g/mol. The van der Waals surface area contributed by atoms with E-state index in [1.54, 1.807) is 28.4 Å². The lowest BCUT2D eigenvalue weighted by Crippen LogP contribution is -2.47. The second kappa shape index (κ2) is 11.6. The first-order valence-electron chi connectivity index (χ1n) is 14.0. The first-order valence-corrected chi connectivity index (χ1v) is 14.9. The van der Waals surface area contributed by atoms with Gasteiger partial charge in [0.15, 0.2) is 0 Å². The second-order valence-corrected chi connectivity index (χ2v) is 11.4. The largest absolute Gasteiger partial charge is 0.491 e.